The predicted octanol–water partition coefficient (Wildman–Crippen LogP) is 4.28. The van der Waals surface area contributed by atoms with Gasteiger partial charge in [-0.1, -0.05) is 45.0 Å². The number of hydrogen-bond donors (Lipinski definition) is 1. The molecule has 1 heteroatoms. The molecule has 1 aromatic carbocycles. The van der Waals surface area contributed by atoms with Crippen LogP contribution in [0.1, 0.15) is 37.5 Å². The van der Waals surface area contributed by atoms with Gasteiger partial charge in [-0.3, -0.25) is 0 Å². The fraction of sp³-hybridized carbons (Fsp3) is 0.556. The van der Waals surface area contributed by atoms with E-state index in [0.717, 1.165) is 19.5 Å². The Morgan fingerprint density at radius 2 is 1.95 bits per heavy atom. The highest BCUT2D eigenvalue weighted by Gasteiger charge is 2.20. The summed E-state index contributed by atoms with van der Waals surface area (Å²) in [7, 11) is 0. The van der Waals surface area contributed by atoms with E-state index in [4.69, 9.17) is 0 Å². The molecule has 1 nitrogen and oxygen atoms in total. The fourth-order valence-corrected chi connectivity index (χ4v) is 2.23. The molecular formula is C18H29N. The van der Waals surface area contributed by atoms with Crippen LogP contribution in [0.25, 0.3) is 0 Å². The molecule has 19 heavy (non-hydrogen) atoms. The van der Waals surface area contributed by atoms with Gasteiger partial charge in [0.2, 0.25) is 0 Å². The van der Waals surface area contributed by atoms with E-state index in [1.165, 1.54) is 16.7 Å². The van der Waals surface area contributed by atoms with E-state index in [0.29, 0.717) is 5.92 Å². The van der Waals surface area contributed by atoms with Crippen LogP contribution in [-0.4, -0.2) is 13.1 Å². The van der Waals surface area contributed by atoms with Gasteiger partial charge in [-0.15, -0.1) is 6.58 Å². The van der Waals surface area contributed by atoms with Crippen molar-refractivity contribution in [3.8, 4) is 0 Å². The SMILES string of the molecule is C=CC(C)(CNCC(C)C)Cc1ccc(C)c(C)c1. The molecule has 1 rings (SSSR count). The Labute approximate surface area is 119 Å². The maximum Gasteiger partial charge on any atom is 0.00431 e. The Kier molecular flexibility index (Phi) is 5.81. The van der Waals surface area contributed by atoms with E-state index < -0.39 is 0 Å². The van der Waals surface area contributed by atoms with Gasteiger partial charge in [0.05, 0.1) is 0 Å². The Balaban J connectivity index is 2.68. The Morgan fingerprint density at radius 1 is 1.26 bits per heavy atom. The third-order valence-electron chi connectivity index (χ3n) is 3.75. The molecule has 0 aliphatic heterocycles. The Morgan fingerprint density at radius 3 is 2.47 bits per heavy atom. The van der Waals surface area contributed by atoms with Gasteiger partial charge in [-0.25, -0.2) is 0 Å². The first-order valence-corrected chi connectivity index (χ1v) is 7.27. The molecular weight excluding hydrogens is 230 g/mol. The molecule has 1 aromatic rings. The Hall–Kier alpha value is -1.08. The van der Waals surface area contributed by atoms with Crippen LogP contribution >= 0.6 is 0 Å². The summed E-state index contributed by atoms with van der Waals surface area (Å²) in [5, 5.41) is 3.55. The molecule has 106 valence electrons. The molecule has 0 heterocycles. The van der Waals surface area contributed by atoms with Crippen molar-refractivity contribution in [1.29, 1.82) is 0 Å². The zero-order valence-electron chi connectivity index (χ0n) is 13.2. The van der Waals surface area contributed by atoms with Gasteiger partial charge in [0, 0.05) is 12.0 Å². The second kappa shape index (κ2) is 6.91. The fourth-order valence-electron chi connectivity index (χ4n) is 2.23. The van der Waals surface area contributed by atoms with Crippen LogP contribution in [0.15, 0.2) is 30.9 Å². The molecule has 0 amide bonds. The topological polar surface area (TPSA) is 12.0 Å². The number of hydrogen-bond acceptors (Lipinski definition) is 1. The van der Waals surface area contributed by atoms with Crippen molar-refractivity contribution < 1.29 is 0 Å². The van der Waals surface area contributed by atoms with Gasteiger partial charge in [0.1, 0.15) is 0 Å². The maximum atomic E-state index is 4.03. The molecule has 1 N–H and O–H groups in total. The van der Waals surface area contributed by atoms with Gasteiger partial charge < -0.3 is 5.32 Å². The molecule has 0 fully saturated rings. The lowest BCUT2D eigenvalue weighted by atomic mass is 9.83. The number of benzene rings is 1. The highest BCUT2D eigenvalue weighted by Crippen LogP contribution is 2.24. The van der Waals surface area contributed by atoms with Crippen molar-refractivity contribution in [3.05, 3.63) is 47.5 Å². The van der Waals surface area contributed by atoms with Crippen LogP contribution in [0.4, 0.5) is 0 Å². The van der Waals surface area contributed by atoms with Crippen LogP contribution in [0, 0.1) is 25.2 Å². The lowest BCUT2D eigenvalue weighted by Crippen LogP contribution is -2.34. The second-order valence-corrected chi connectivity index (χ2v) is 6.48. The van der Waals surface area contributed by atoms with Crippen LogP contribution in [0.3, 0.4) is 0 Å². The van der Waals surface area contributed by atoms with Crippen molar-refractivity contribution in [2.75, 3.05) is 13.1 Å². The van der Waals surface area contributed by atoms with Gasteiger partial charge in [0.25, 0.3) is 0 Å². The van der Waals surface area contributed by atoms with E-state index in [2.05, 4.69) is 70.8 Å². The van der Waals surface area contributed by atoms with Gasteiger partial charge in [-0.2, -0.15) is 0 Å². The van der Waals surface area contributed by atoms with Gasteiger partial charge >= 0.3 is 0 Å². The molecule has 0 saturated carbocycles. The first-order chi connectivity index (χ1) is 8.86. The largest absolute Gasteiger partial charge is 0.316 e. The zero-order valence-corrected chi connectivity index (χ0v) is 13.2. The van der Waals surface area contributed by atoms with Crippen molar-refractivity contribution in [2.45, 2.75) is 41.0 Å². The second-order valence-electron chi connectivity index (χ2n) is 6.48. The molecule has 0 bridgehead atoms. The van der Waals surface area contributed by atoms with Crippen LogP contribution in [-0.2, 0) is 6.42 Å². The van der Waals surface area contributed by atoms with Gasteiger partial charge in [-0.05, 0) is 49.4 Å². The lowest BCUT2D eigenvalue weighted by Gasteiger charge is -2.27. The van der Waals surface area contributed by atoms with E-state index in [-0.39, 0.29) is 5.41 Å². The third-order valence-corrected chi connectivity index (χ3v) is 3.75. The average Bonchev–Trinajstić information content (AvgIpc) is 2.33. The summed E-state index contributed by atoms with van der Waals surface area (Å²) < 4.78 is 0. The zero-order chi connectivity index (χ0) is 14.5. The van der Waals surface area contributed by atoms with Crippen molar-refractivity contribution in [2.24, 2.45) is 11.3 Å². The highest BCUT2D eigenvalue weighted by atomic mass is 14.9. The summed E-state index contributed by atoms with van der Waals surface area (Å²) in [5.41, 5.74) is 4.26. The normalized spacial score (nSPS) is 14.4. The molecule has 0 aliphatic rings. The van der Waals surface area contributed by atoms with Crippen LogP contribution < -0.4 is 5.32 Å². The van der Waals surface area contributed by atoms with Crippen molar-refractivity contribution in [1.82, 2.24) is 5.32 Å². The summed E-state index contributed by atoms with van der Waals surface area (Å²) in [6.45, 7) is 17.2. The lowest BCUT2D eigenvalue weighted by molar-refractivity contribution is 0.378. The summed E-state index contributed by atoms with van der Waals surface area (Å²) in [5.74, 6) is 0.690. The summed E-state index contributed by atoms with van der Waals surface area (Å²) >= 11 is 0. The monoisotopic (exact) mass is 259 g/mol. The van der Waals surface area contributed by atoms with Crippen LogP contribution in [0.5, 0.6) is 0 Å². The first kappa shape index (κ1) is 16.0. The quantitative estimate of drug-likeness (QED) is 0.721. The smallest absolute Gasteiger partial charge is 0.00431 e. The van der Waals surface area contributed by atoms with E-state index >= 15 is 0 Å². The van der Waals surface area contributed by atoms with Crippen molar-refractivity contribution in [3.63, 3.8) is 0 Å². The molecule has 0 spiro atoms. The maximum absolute atomic E-state index is 4.03. The summed E-state index contributed by atoms with van der Waals surface area (Å²) in [4.78, 5) is 0. The number of aryl methyl sites for hydroxylation is 2. The van der Waals surface area contributed by atoms with Crippen LogP contribution in [0.2, 0.25) is 0 Å². The standard InChI is InChI=1S/C18H29N/c1-7-18(6,13-19-12-14(2)3)11-17-9-8-15(4)16(5)10-17/h7-10,14,19H,1,11-13H2,2-6H3. The van der Waals surface area contributed by atoms with E-state index in [9.17, 15) is 0 Å². The van der Waals surface area contributed by atoms with E-state index in [1.807, 2.05) is 0 Å². The molecule has 0 saturated heterocycles. The predicted molar refractivity (Wildman–Crippen MR) is 85.6 cm³/mol. The third kappa shape index (κ3) is 5.20. The number of nitrogens with one attached hydrogen (secondary N) is 1. The summed E-state index contributed by atoms with van der Waals surface area (Å²) in [6, 6.07) is 6.77. The number of rotatable bonds is 7. The average molecular weight is 259 g/mol. The first-order valence-electron chi connectivity index (χ1n) is 7.27. The van der Waals surface area contributed by atoms with Crippen molar-refractivity contribution >= 4 is 0 Å². The minimum Gasteiger partial charge on any atom is -0.316 e. The molecule has 0 radical (unpaired) electrons. The minimum absolute atomic E-state index is 0.122. The highest BCUT2D eigenvalue weighted by molar-refractivity contribution is 5.31. The minimum atomic E-state index is 0.122. The summed E-state index contributed by atoms with van der Waals surface area (Å²) in [6.07, 6.45) is 3.14. The molecule has 1 unspecified atom stereocenters. The Bertz CT molecular complexity index is 420. The molecule has 0 aliphatic carbocycles. The van der Waals surface area contributed by atoms with E-state index in [1.54, 1.807) is 0 Å². The molecule has 1 atom stereocenters. The van der Waals surface area contributed by atoms with Gasteiger partial charge in [0.15, 0.2) is 0 Å². The molecule has 0 aromatic heterocycles.